The highest BCUT2D eigenvalue weighted by Gasteiger charge is 2.67. The van der Waals surface area contributed by atoms with Crippen LogP contribution in [0, 0.1) is 0 Å². The van der Waals surface area contributed by atoms with Crippen LogP contribution in [0.2, 0.25) is 0 Å². The number of fused-ring (bicyclic) bond motifs is 1. The maximum Gasteiger partial charge on any atom is 0.347 e. The van der Waals surface area contributed by atoms with Gasteiger partial charge in [-0.2, -0.15) is 4.33 Å². The molecule has 1 aromatic carbocycles. The summed E-state index contributed by atoms with van der Waals surface area (Å²) in [5.41, 5.74) is 0.702. The quantitative estimate of drug-likeness (QED) is 0.276. The molecule has 0 bridgehead atoms. The molecule has 0 saturated carbocycles. The van der Waals surface area contributed by atoms with Crippen LogP contribution in [-0.4, -0.2) is 77.4 Å². The predicted molar refractivity (Wildman–Crippen MR) is 120 cm³/mol. The van der Waals surface area contributed by atoms with E-state index in [1.807, 2.05) is 52.0 Å². The molecular formula is C23H32O10S. The summed E-state index contributed by atoms with van der Waals surface area (Å²) < 4.78 is 35.4. The molecule has 6 unspecified atom stereocenters. The standard InChI is InChI=1S/C23H32O10S/c1-6-22(4)16(13-7-9-14(10-8-13)34-33-27-5)20(28-12(2)3)23(32-22)30-18-15(11-24)29-21(26)17(25)19(18)31-23/h7-10,12,15,17-19,21,24-26H,6,11H2,1-5H3/t15?,17?,18?,19?,21?,22-,23?/m0/s1. The fraction of sp³-hybridized carbons (Fsp3) is 0.652. The van der Waals surface area contributed by atoms with E-state index in [1.54, 1.807) is 0 Å². The van der Waals surface area contributed by atoms with Crippen molar-refractivity contribution in [1.82, 2.24) is 0 Å². The van der Waals surface area contributed by atoms with Crippen LogP contribution in [0.15, 0.2) is 34.9 Å². The number of aliphatic hydroxyl groups is 3. The third kappa shape index (κ3) is 4.50. The van der Waals surface area contributed by atoms with Gasteiger partial charge in [0.1, 0.15) is 30.0 Å². The molecule has 34 heavy (non-hydrogen) atoms. The molecule has 0 radical (unpaired) electrons. The van der Waals surface area contributed by atoms with Crippen LogP contribution in [0.4, 0.5) is 0 Å². The Bertz CT molecular complexity index is 884. The fourth-order valence-corrected chi connectivity index (χ4v) is 4.86. The molecule has 0 aliphatic carbocycles. The van der Waals surface area contributed by atoms with Gasteiger partial charge < -0.3 is 39.0 Å². The lowest BCUT2D eigenvalue weighted by Gasteiger charge is -2.36. The first-order valence-electron chi connectivity index (χ1n) is 11.3. The summed E-state index contributed by atoms with van der Waals surface area (Å²) in [6.07, 6.45) is -5.42. The molecule has 10 nitrogen and oxygen atoms in total. The van der Waals surface area contributed by atoms with E-state index in [0.29, 0.717) is 12.2 Å². The number of rotatable bonds is 8. The Kier molecular flexibility index (Phi) is 7.61. The van der Waals surface area contributed by atoms with Gasteiger partial charge in [0.05, 0.1) is 31.9 Å². The molecule has 3 heterocycles. The van der Waals surface area contributed by atoms with Crippen LogP contribution in [0.25, 0.3) is 5.57 Å². The topological polar surface area (TPSA) is 125 Å². The summed E-state index contributed by atoms with van der Waals surface area (Å²) in [5, 5.41) is 30.5. The minimum Gasteiger partial charge on any atom is -0.487 e. The van der Waals surface area contributed by atoms with E-state index in [1.165, 1.54) is 7.11 Å². The van der Waals surface area contributed by atoms with Crippen molar-refractivity contribution in [2.24, 2.45) is 0 Å². The van der Waals surface area contributed by atoms with Crippen LogP contribution in [0.3, 0.4) is 0 Å². The molecule has 3 N–H and O–H groups in total. The number of benzene rings is 1. The largest absolute Gasteiger partial charge is 0.487 e. The molecule has 1 aromatic rings. The van der Waals surface area contributed by atoms with Crippen molar-refractivity contribution in [2.45, 2.75) is 87.4 Å². The zero-order valence-electron chi connectivity index (χ0n) is 19.8. The minimum absolute atomic E-state index is 0.246. The second-order valence-corrected chi connectivity index (χ2v) is 9.63. The normalized spacial score (nSPS) is 37.6. The van der Waals surface area contributed by atoms with Crippen molar-refractivity contribution in [3.05, 3.63) is 35.6 Å². The fourth-order valence-electron chi connectivity index (χ4n) is 4.46. The lowest BCUT2D eigenvalue weighted by molar-refractivity contribution is -0.348. The van der Waals surface area contributed by atoms with Gasteiger partial charge in [0.25, 0.3) is 0 Å². The molecule has 11 heteroatoms. The first kappa shape index (κ1) is 25.8. The second-order valence-electron chi connectivity index (χ2n) is 8.86. The molecule has 1 spiro atoms. The first-order chi connectivity index (χ1) is 16.2. The van der Waals surface area contributed by atoms with Crippen molar-refractivity contribution in [2.75, 3.05) is 13.7 Å². The van der Waals surface area contributed by atoms with Crippen molar-refractivity contribution in [1.29, 1.82) is 0 Å². The van der Waals surface area contributed by atoms with E-state index in [0.717, 1.165) is 28.1 Å². The van der Waals surface area contributed by atoms with Crippen LogP contribution < -0.4 is 0 Å². The van der Waals surface area contributed by atoms with Crippen molar-refractivity contribution in [3.63, 3.8) is 0 Å². The molecule has 2 fully saturated rings. The highest BCUT2D eigenvalue weighted by Crippen LogP contribution is 2.55. The Labute approximate surface area is 202 Å². The van der Waals surface area contributed by atoms with E-state index < -0.39 is 48.9 Å². The van der Waals surface area contributed by atoms with Crippen molar-refractivity contribution < 1.29 is 48.2 Å². The van der Waals surface area contributed by atoms with Gasteiger partial charge in [0, 0.05) is 10.5 Å². The highest BCUT2D eigenvalue weighted by atomic mass is 32.2. The summed E-state index contributed by atoms with van der Waals surface area (Å²) in [7, 11) is 1.44. The molecular weight excluding hydrogens is 468 g/mol. The molecule has 190 valence electrons. The Hall–Kier alpha value is -1.25. The van der Waals surface area contributed by atoms with Crippen LogP contribution in [0.1, 0.15) is 39.7 Å². The summed E-state index contributed by atoms with van der Waals surface area (Å²) >= 11 is 1.08. The lowest BCUT2D eigenvalue weighted by Crippen LogP contribution is -2.57. The molecule has 0 aromatic heterocycles. The van der Waals surface area contributed by atoms with Gasteiger partial charge in [-0.3, -0.25) is 0 Å². The molecule has 4 rings (SSSR count). The van der Waals surface area contributed by atoms with Crippen LogP contribution >= 0.6 is 12.0 Å². The van der Waals surface area contributed by atoms with Gasteiger partial charge >= 0.3 is 5.97 Å². The van der Waals surface area contributed by atoms with Crippen LogP contribution in [-0.2, 0) is 32.9 Å². The first-order valence-corrected chi connectivity index (χ1v) is 12.0. The molecule has 3 aliphatic heterocycles. The number of aliphatic hydroxyl groups excluding tert-OH is 3. The maximum absolute atomic E-state index is 10.5. The predicted octanol–water partition coefficient (Wildman–Crippen LogP) is 2.11. The smallest absolute Gasteiger partial charge is 0.347 e. The molecule has 0 amide bonds. The third-order valence-corrected chi connectivity index (χ3v) is 6.83. The van der Waals surface area contributed by atoms with Crippen molar-refractivity contribution >= 4 is 17.6 Å². The van der Waals surface area contributed by atoms with Gasteiger partial charge in [-0.15, -0.1) is 0 Å². The Morgan fingerprint density at radius 3 is 2.38 bits per heavy atom. The van der Waals surface area contributed by atoms with Gasteiger partial charge in [-0.1, -0.05) is 19.1 Å². The second kappa shape index (κ2) is 10.0. The van der Waals surface area contributed by atoms with E-state index in [-0.39, 0.29) is 6.10 Å². The average Bonchev–Trinajstić information content (AvgIpc) is 3.30. The van der Waals surface area contributed by atoms with E-state index >= 15 is 0 Å². The maximum atomic E-state index is 10.5. The minimum atomic E-state index is -1.78. The van der Waals surface area contributed by atoms with Gasteiger partial charge in [-0.05, 0) is 44.9 Å². The summed E-state index contributed by atoms with van der Waals surface area (Å²) in [4.78, 5) is 5.48. The Balaban J connectivity index is 1.79. The summed E-state index contributed by atoms with van der Waals surface area (Å²) in [6, 6.07) is 7.59. The van der Waals surface area contributed by atoms with E-state index in [4.69, 9.17) is 28.0 Å². The van der Waals surface area contributed by atoms with Gasteiger partial charge in [0.15, 0.2) is 12.0 Å². The monoisotopic (exact) mass is 500 g/mol. The SMILES string of the molecule is CC[C@]1(C)OC2(OC3C(CO)OC(O)C(O)C3O2)C(OC(C)C)=C1c1ccc(SOOC)cc1. The Morgan fingerprint density at radius 1 is 1.12 bits per heavy atom. The summed E-state index contributed by atoms with van der Waals surface area (Å²) in [6.45, 7) is 7.21. The van der Waals surface area contributed by atoms with E-state index in [9.17, 15) is 15.3 Å². The van der Waals surface area contributed by atoms with Gasteiger partial charge in [0.2, 0.25) is 0 Å². The third-order valence-electron chi connectivity index (χ3n) is 6.16. The number of ether oxygens (including phenoxy) is 5. The lowest BCUT2D eigenvalue weighted by atomic mass is 9.88. The number of hydrogen-bond acceptors (Lipinski definition) is 11. The van der Waals surface area contributed by atoms with Crippen LogP contribution in [0.5, 0.6) is 0 Å². The molecule has 2 saturated heterocycles. The van der Waals surface area contributed by atoms with Crippen molar-refractivity contribution in [3.8, 4) is 0 Å². The zero-order chi connectivity index (χ0) is 24.7. The van der Waals surface area contributed by atoms with E-state index in [2.05, 4.69) is 4.89 Å². The van der Waals surface area contributed by atoms with Gasteiger partial charge in [-0.25, -0.2) is 4.89 Å². The zero-order valence-corrected chi connectivity index (χ0v) is 20.6. The molecule has 3 aliphatic rings. The number of hydrogen-bond donors (Lipinski definition) is 3. The average molecular weight is 501 g/mol. The highest BCUT2D eigenvalue weighted by molar-refractivity contribution is 7.94. The summed E-state index contributed by atoms with van der Waals surface area (Å²) in [5.74, 6) is -1.46. The Morgan fingerprint density at radius 2 is 1.79 bits per heavy atom. The molecule has 7 atom stereocenters.